The molecule has 1 N–H and O–H groups in total. The first kappa shape index (κ1) is 18.6. The number of alkyl halides is 3. The Morgan fingerprint density at radius 3 is 2.31 bits per heavy atom. The van der Waals surface area contributed by atoms with Crippen LogP contribution in [0, 0.1) is 12.3 Å². The van der Waals surface area contributed by atoms with E-state index in [0.29, 0.717) is 21.6 Å². The van der Waals surface area contributed by atoms with Gasteiger partial charge in [0.1, 0.15) is 11.3 Å². The molecule has 1 saturated carbocycles. The maximum atomic E-state index is 12.9. The van der Waals surface area contributed by atoms with Crippen LogP contribution in [-0.4, -0.2) is 21.7 Å². The molecule has 0 unspecified atom stereocenters. The Morgan fingerprint density at radius 1 is 1.19 bits per heavy atom. The average molecular weight is 383 g/mol. The summed E-state index contributed by atoms with van der Waals surface area (Å²) >= 11 is 0.508. The largest absolute Gasteiger partial charge is 0.506 e. The molecule has 0 radical (unpaired) electrons. The molecule has 138 valence electrons. The lowest BCUT2D eigenvalue weighted by Crippen LogP contribution is -2.32. The van der Waals surface area contributed by atoms with E-state index in [1.807, 2.05) is 0 Å². The van der Waals surface area contributed by atoms with Gasteiger partial charge in [-0.15, -0.1) is 11.3 Å². The van der Waals surface area contributed by atoms with Gasteiger partial charge in [0, 0.05) is 18.4 Å². The molecule has 1 fully saturated rings. The van der Waals surface area contributed by atoms with Crippen LogP contribution >= 0.6 is 11.3 Å². The topological polar surface area (TPSA) is 67.3 Å². The molecule has 2 aromatic rings. The molecule has 8 heteroatoms. The highest BCUT2D eigenvalue weighted by Gasteiger charge is 2.38. The summed E-state index contributed by atoms with van der Waals surface area (Å²) in [7, 11) is 0. The van der Waals surface area contributed by atoms with Crippen LogP contribution in [0.25, 0.3) is 16.0 Å². The number of nitrogens with zero attached hydrogens (tertiary/aromatic N) is 1. The molecule has 0 aliphatic heterocycles. The fourth-order valence-electron chi connectivity index (χ4n) is 3.17. The van der Waals surface area contributed by atoms with Crippen LogP contribution in [0.3, 0.4) is 0 Å². The van der Waals surface area contributed by atoms with Gasteiger partial charge in [0.25, 0.3) is 0 Å². The Morgan fingerprint density at radius 2 is 1.77 bits per heavy atom. The van der Waals surface area contributed by atoms with E-state index >= 15 is 0 Å². The zero-order valence-electron chi connectivity index (χ0n) is 14.3. The molecular weight excluding hydrogens is 367 g/mol. The highest BCUT2D eigenvalue weighted by molar-refractivity contribution is 7.18. The third-order valence-corrected chi connectivity index (χ3v) is 5.45. The summed E-state index contributed by atoms with van der Waals surface area (Å²) in [5.74, 6) is -1.41. The van der Waals surface area contributed by atoms with Crippen molar-refractivity contribution in [3.63, 3.8) is 0 Å². The number of aliphatic hydroxyl groups excluding tert-OH is 1. The van der Waals surface area contributed by atoms with Crippen molar-refractivity contribution in [3.05, 3.63) is 33.8 Å². The average Bonchev–Trinajstić information content (AvgIpc) is 2.90. The molecule has 1 aliphatic rings. The zero-order chi connectivity index (χ0) is 19.4. The van der Waals surface area contributed by atoms with Crippen molar-refractivity contribution in [1.82, 2.24) is 4.98 Å². The minimum Gasteiger partial charge on any atom is -0.506 e. The molecule has 0 atom stereocenters. The van der Waals surface area contributed by atoms with Gasteiger partial charge >= 0.3 is 6.18 Å². The number of carbonyl (C=O) groups excluding carboxylic acids is 2. The third kappa shape index (κ3) is 3.13. The number of ketones is 2. The van der Waals surface area contributed by atoms with Crippen LogP contribution in [0.5, 0.6) is 0 Å². The maximum Gasteiger partial charge on any atom is 0.443 e. The Labute approximate surface area is 151 Å². The van der Waals surface area contributed by atoms with Crippen LogP contribution < -0.4 is 0 Å². The van der Waals surface area contributed by atoms with Crippen molar-refractivity contribution in [3.8, 4) is 0 Å². The van der Waals surface area contributed by atoms with Gasteiger partial charge in [-0.05, 0) is 30.0 Å². The van der Waals surface area contributed by atoms with E-state index in [1.165, 1.54) is 19.1 Å². The molecule has 0 saturated heterocycles. The molecule has 0 spiro atoms. The van der Waals surface area contributed by atoms with Crippen LogP contribution in [0.1, 0.15) is 42.8 Å². The lowest BCUT2D eigenvalue weighted by molar-refractivity contribution is -0.137. The van der Waals surface area contributed by atoms with Crippen molar-refractivity contribution in [2.75, 3.05) is 0 Å². The van der Waals surface area contributed by atoms with Gasteiger partial charge in [0.15, 0.2) is 16.6 Å². The van der Waals surface area contributed by atoms with Gasteiger partial charge in [-0.2, -0.15) is 13.2 Å². The van der Waals surface area contributed by atoms with Gasteiger partial charge in [0.2, 0.25) is 0 Å². The monoisotopic (exact) mass is 383 g/mol. The Balaban J connectivity index is 2.14. The van der Waals surface area contributed by atoms with Crippen LogP contribution in [0.4, 0.5) is 13.2 Å². The van der Waals surface area contributed by atoms with Crippen molar-refractivity contribution < 1.29 is 27.9 Å². The fraction of sp³-hybridized carbons (Fsp3) is 0.389. The first-order valence-electron chi connectivity index (χ1n) is 7.88. The number of thiazole rings is 1. The second-order valence-corrected chi connectivity index (χ2v) is 8.22. The lowest BCUT2D eigenvalue weighted by atomic mass is 9.73. The number of carbonyl (C=O) groups is 2. The minimum absolute atomic E-state index is 0.100. The molecule has 1 aromatic heterocycles. The van der Waals surface area contributed by atoms with Gasteiger partial charge in [0.05, 0.1) is 10.2 Å². The van der Waals surface area contributed by atoms with E-state index in [-0.39, 0.29) is 29.5 Å². The highest BCUT2D eigenvalue weighted by atomic mass is 32.1. The molecule has 1 aromatic carbocycles. The number of hydrogen-bond donors (Lipinski definition) is 1. The number of benzene rings is 1. The second-order valence-electron chi connectivity index (χ2n) is 7.19. The number of hydrogen-bond acceptors (Lipinski definition) is 5. The number of rotatable bonds is 1. The van der Waals surface area contributed by atoms with E-state index in [1.54, 1.807) is 13.8 Å². The van der Waals surface area contributed by atoms with Crippen molar-refractivity contribution >= 4 is 38.9 Å². The number of aliphatic hydroxyl groups is 1. The molecule has 3 rings (SSSR count). The molecule has 1 aliphatic carbocycles. The minimum atomic E-state index is -4.56. The number of fused-ring (bicyclic) bond motifs is 1. The third-order valence-electron chi connectivity index (χ3n) is 4.38. The first-order valence-corrected chi connectivity index (χ1v) is 8.70. The number of aryl methyl sites for hydroxylation is 1. The van der Waals surface area contributed by atoms with Crippen LogP contribution in [0.15, 0.2) is 17.7 Å². The Bertz CT molecular complexity index is 948. The highest BCUT2D eigenvalue weighted by Crippen LogP contribution is 2.39. The summed E-state index contributed by atoms with van der Waals surface area (Å²) in [5, 5.41) is 9.57. The molecule has 1 heterocycles. The van der Waals surface area contributed by atoms with Gasteiger partial charge < -0.3 is 5.11 Å². The maximum absolute atomic E-state index is 12.9. The predicted octanol–water partition coefficient (Wildman–Crippen LogP) is 4.85. The standard InChI is InChI=1S/C18H16F3NO3S/c1-8-9(4-5-12-14(8)22-16(26-12)18(19,20)21)15(25)13-10(23)6-17(2,3)7-11(13)24/h4-5,25H,6-7H2,1-3H3. The number of allylic oxidation sites excluding steroid dienone is 1. The van der Waals surface area contributed by atoms with Crippen LogP contribution in [0.2, 0.25) is 0 Å². The van der Waals surface area contributed by atoms with E-state index < -0.39 is 33.9 Å². The van der Waals surface area contributed by atoms with E-state index in [4.69, 9.17) is 0 Å². The SMILES string of the molecule is Cc1c(C(O)=C2C(=O)CC(C)(C)CC2=O)ccc2sc(C(F)(F)F)nc12. The number of Topliss-reactive ketones (excluding diaryl/α,β-unsaturated/α-hetero) is 2. The fourth-order valence-corrected chi connectivity index (χ4v) is 4.06. The molecular formula is C18H16F3NO3S. The van der Waals surface area contributed by atoms with Crippen molar-refractivity contribution in [1.29, 1.82) is 0 Å². The summed E-state index contributed by atoms with van der Waals surface area (Å²) in [4.78, 5) is 28.3. The summed E-state index contributed by atoms with van der Waals surface area (Å²) in [6.45, 7) is 5.10. The van der Waals surface area contributed by atoms with Gasteiger partial charge in [-0.1, -0.05) is 13.8 Å². The van der Waals surface area contributed by atoms with Gasteiger partial charge in [-0.25, -0.2) is 4.98 Å². The number of aromatic nitrogens is 1. The summed E-state index contributed by atoms with van der Waals surface area (Å²) in [5.41, 5.74) is -0.216. The summed E-state index contributed by atoms with van der Waals surface area (Å²) < 4.78 is 39.0. The number of halogens is 3. The second kappa shape index (κ2) is 5.90. The van der Waals surface area contributed by atoms with Crippen LogP contribution in [-0.2, 0) is 15.8 Å². The van der Waals surface area contributed by atoms with E-state index in [0.717, 1.165) is 0 Å². The Kier molecular flexibility index (Phi) is 4.22. The predicted molar refractivity (Wildman–Crippen MR) is 91.9 cm³/mol. The van der Waals surface area contributed by atoms with Crippen molar-refractivity contribution in [2.45, 2.75) is 39.8 Å². The first-order chi connectivity index (χ1) is 11.9. The molecule has 26 heavy (non-hydrogen) atoms. The molecule has 4 nitrogen and oxygen atoms in total. The summed E-state index contributed by atoms with van der Waals surface area (Å²) in [6, 6.07) is 2.82. The summed E-state index contributed by atoms with van der Waals surface area (Å²) in [6.07, 6.45) is -4.32. The quantitative estimate of drug-likeness (QED) is 0.434. The van der Waals surface area contributed by atoms with E-state index in [9.17, 15) is 27.9 Å². The normalized spacial score (nSPS) is 17.8. The lowest BCUT2D eigenvalue weighted by Gasteiger charge is -2.29. The van der Waals surface area contributed by atoms with E-state index in [2.05, 4.69) is 4.98 Å². The van der Waals surface area contributed by atoms with Crippen molar-refractivity contribution in [2.24, 2.45) is 5.41 Å². The smallest absolute Gasteiger partial charge is 0.443 e. The van der Waals surface area contributed by atoms with Gasteiger partial charge in [-0.3, -0.25) is 9.59 Å². The molecule has 0 amide bonds. The molecule has 0 bridgehead atoms. The Hall–Kier alpha value is -2.22. The zero-order valence-corrected chi connectivity index (χ0v) is 15.1.